The van der Waals surface area contributed by atoms with Gasteiger partial charge in [-0.15, -0.1) is 0 Å². The molecule has 3 atom stereocenters. The van der Waals surface area contributed by atoms with Crippen molar-refractivity contribution in [3.8, 4) is 0 Å². The lowest BCUT2D eigenvalue weighted by Crippen LogP contribution is -2.41. The van der Waals surface area contributed by atoms with Gasteiger partial charge in [0.2, 0.25) is 6.23 Å². The van der Waals surface area contributed by atoms with Crippen LogP contribution in [0.3, 0.4) is 0 Å². The first kappa shape index (κ1) is 12.9. The number of hydrogen-bond donors (Lipinski definition) is 3. The lowest BCUT2D eigenvalue weighted by Gasteiger charge is -2.20. The summed E-state index contributed by atoms with van der Waals surface area (Å²) in [5, 5.41) is 18.1. The van der Waals surface area contributed by atoms with Crippen LogP contribution in [-0.2, 0) is 4.74 Å². The minimum absolute atomic E-state index is 0.114. The van der Waals surface area contributed by atoms with Gasteiger partial charge in [-0.05, 0) is 6.07 Å². The Kier molecular flexibility index (Phi) is 3.05. The van der Waals surface area contributed by atoms with Crippen LogP contribution in [0.15, 0.2) is 17.1 Å². The van der Waals surface area contributed by atoms with Gasteiger partial charge in [-0.2, -0.15) is 13.8 Å². The molecule has 4 N–H and O–H groups in total. The van der Waals surface area contributed by atoms with Crippen LogP contribution in [0, 0.1) is 0 Å². The van der Waals surface area contributed by atoms with Crippen molar-refractivity contribution in [2.24, 2.45) is 0 Å². The first-order valence-corrected chi connectivity index (χ1v) is 5.04. The van der Waals surface area contributed by atoms with Crippen molar-refractivity contribution in [3.63, 3.8) is 0 Å². The van der Waals surface area contributed by atoms with Gasteiger partial charge < -0.3 is 20.7 Å². The number of alkyl halides is 2. The molecular weight excluding hydrogens is 257 g/mol. The molecule has 100 valence electrons. The Labute approximate surface area is 99.4 Å². The molecule has 1 fully saturated rings. The zero-order valence-corrected chi connectivity index (χ0v) is 9.03. The van der Waals surface area contributed by atoms with Gasteiger partial charge in [-0.1, -0.05) is 0 Å². The van der Waals surface area contributed by atoms with Crippen LogP contribution in [-0.4, -0.2) is 44.5 Å². The number of nitrogens with two attached hydrogens (primary N) is 1. The number of ether oxygens (including phenoxy) is 1. The fourth-order valence-corrected chi connectivity index (χ4v) is 1.72. The van der Waals surface area contributed by atoms with Crippen molar-refractivity contribution in [2.75, 3.05) is 12.3 Å². The number of aliphatic hydroxyl groups is 2. The first-order chi connectivity index (χ1) is 8.37. The molecule has 0 aromatic carbocycles. The summed E-state index contributed by atoms with van der Waals surface area (Å²) in [4.78, 5) is 14.7. The van der Waals surface area contributed by atoms with Gasteiger partial charge in [0.25, 0.3) is 0 Å². The molecule has 1 aromatic rings. The monoisotopic (exact) mass is 268 g/mol. The highest BCUT2D eigenvalue weighted by Crippen LogP contribution is 2.41. The molecule has 0 aliphatic carbocycles. The van der Waals surface area contributed by atoms with Gasteiger partial charge in [0.15, 0.2) is 6.10 Å². The van der Waals surface area contributed by atoms with Crippen molar-refractivity contribution >= 4 is 5.82 Å². The maximum absolute atomic E-state index is 13.7. The summed E-state index contributed by atoms with van der Waals surface area (Å²) in [6.45, 7) is -0.787. The molecular formula is C9H11F2N3O4. The Morgan fingerprint density at radius 3 is 2.78 bits per heavy atom. The summed E-state index contributed by atoms with van der Waals surface area (Å²) in [6, 6.07) is 1.15. The quantitative estimate of drug-likeness (QED) is 0.615. The van der Waals surface area contributed by atoms with Crippen molar-refractivity contribution in [1.29, 1.82) is 0 Å². The predicted molar refractivity (Wildman–Crippen MR) is 54.9 cm³/mol. The maximum atomic E-state index is 13.7. The molecule has 1 aromatic heterocycles. The number of nitrogen functional groups attached to an aromatic ring is 1. The lowest BCUT2D eigenvalue weighted by atomic mass is 10.1. The topological polar surface area (TPSA) is 111 Å². The molecule has 0 radical (unpaired) electrons. The molecule has 18 heavy (non-hydrogen) atoms. The molecule has 1 aliphatic rings. The highest BCUT2D eigenvalue weighted by Gasteiger charge is 2.59. The fourth-order valence-electron chi connectivity index (χ4n) is 1.72. The van der Waals surface area contributed by atoms with Gasteiger partial charge in [0.05, 0.1) is 6.61 Å². The van der Waals surface area contributed by atoms with Crippen LogP contribution in [0.2, 0.25) is 0 Å². The van der Waals surface area contributed by atoms with Crippen LogP contribution in [0.5, 0.6) is 0 Å². The van der Waals surface area contributed by atoms with E-state index in [0.29, 0.717) is 4.57 Å². The molecule has 0 amide bonds. The van der Waals surface area contributed by atoms with Gasteiger partial charge in [0, 0.05) is 6.20 Å². The molecule has 0 saturated carbocycles. The molecule has 1 aliphatic heterocycles. The van der Waals surface area contributed by atoms with Gasteiger partial charge in [-0.25, -0.2) is 4.79 Å². The number of nitrogens with zero attached hydrogens (tertiary/aromatic N) is 2. The second-order valence-corrected chi connectivity index (χ2v) is 3.87. The van der Waals surface area contributed by atoms with Crippen molar-refractivity contribution in [2.45, 2.75) is 24.4 Å². The standard InChI is InChI=1S/C9H11F2N3O4/c10-9(11)6(16)4(3-15)18-7(9)14-2-1-5(12)13-8(14)17/h1-2,4,6-7,15-16H,3H2,(H2,12,13,17)/t4-,6+,7-/m1/s1/i1+1,2+1,8+1,13+1,14+1. The summed E-state index contributed by atoms with van der Waals surface area (Å²) in [6.07, 6.45) is -4.69. The fraction of sp³-hybridized carbons (Fsp3) is 0.556. The Balaban J connectivity index is 2.42. The summed E-state index contributed by atoms with van der Waals surface area (Å²) >= 11 is 0. The molecule has 2 heterocycles. The second kappa shape index (κ2) is 4.26. The average molecular weight is 268 g/mol. The van der Waals surface area contributed by atoms with Crippen LogP contribution >= 0.6 is 0 Å². The highest BCUT2D eigenvalue weighted by atomic mass is 19.3. The molecule has 1 saturated heterocycles. The number of halogens is 2. The lowest BCUT2D eigenvalue weighted by molar-refractivity contribution is -0.140. The van der Waals surface area contributed by atoms with Gasteiger partial charge in [-0.3, -0.25) is 4.57 Å². The third-order valence-corrected chi connectivity index (χ3v) is 2.66. The molecule has 2 rings (SSSR count). The van der Waals surface area contributed by atoms with Gasteiger partial charge in [0.1, 0.15) is 11.9 Å². The van der Waals surface area contributed by atoms with E-state index in [9.17, 15) is 18.7 Å². The Morgan fingerprint density at radius 2 is 2.28 bits per heavy atom. The van der Waals surface area contributed by atoms with E-state index in [0.717, 1.165) is 12.3 Å². The van der Waals surface area contributed by atoms with Crippen molar-refractivity contribution in [3.05, 3.63) is 22.7 Å². The van der Waals surface area contributed by atoms with E-state index < -0.39 is 36.7 Å². The van der Waals surface area contributed by atoms with Gasteiger partial charge >= 0.3 is 11.6 Å². The Morgan fingerprint density at radius 1 is 1.61 bits per heavy atom. The summed E-state index contributed by atoms with van der Waals surface area (Å²) in [7, 11) is 0. The summed E-state index contributed by atoms with van der Waals surface area (Å²) in [5.74, 6) is -3.83. The average Bonchev–Trinajstić information content (AvgIpc) is 2.52. The minimum atomic E-state index is -3.71. The first-order valence-electron chi connectivity index (χ1n) is 5.04. The van der Waals surface area contributed by atoms with E-state index in [1.165, 1.54) is 0 Å². The largest absolute Gasteiger partial charge is 0.394 e. The molecule has 0 spiro atoms. The van der Waals surface area contributed by atoms with Crippen molar-refractivity contribution < 1.29 is 23.7 Å². The third kappa shape index (κ3) is 1.85. The van der Waals surface area contributed by atoms with E-state index in [-0.39, 0.29) is 5.82 Å². The maximum Gasteiger partial charge on any atom is 0.351 e. The Bertz CT molecular complexity index is 507. The van der Waals surface area contributed by atoms with Crippen LogP contribution in [0.4, 0.5) is 14.6 Å². The number of aliphatic hydroxyl groups excluding tert-OH is 2. The second-order valence-electron chi connectivity index (χ2n) is 3.87. The Hall–Kier alpha value is -1.58. The third-order valence-electron chi connectivity index (χ3n) is 2.66. The number of hydrogen-bond acceptors (Lipinski definition) is 6. The van der Waals surface area contributed by atoms with Crippen LogP contribution in [0.25, 0.3) is 0 Å². The van der Waals surface area contributed by atoms with E-state index in [4.69, 9.17) is 15.6 Å². The van der Waals surface area contributed by atoms with Crippen LogP contribution in [0.1, 0.15) is 6.23 Å². The molecule has 9 heteroatoms. The number of rotatable bonds is 2. The van der Waals surface area contributed by atoms with E-state index in [1.807, 2.05) is 0 Å². The van der Waals surface area contributed by atoms with Crippen molar-refractivity contribution in [1.82, 2.24) is 9.55 Å². The van der Waals surface area contributed by atoms with E-state index in [2.05, 4.69) is 4.98 Å². The SMILES string of the molecule is Nc1[13cH][13cH][15n]([C@@H]2O[C@H](CO)[C@H](O)C2(F)F)[13c](=O)[15n]1. The minimum Gasteiger partial charge on any atom is -0.394 e. The molecule has 0 bridgehead atoms. The molecule has 7 nitrogen and oxygen atoms in total. The predicted octanol–water partition coefficient (Wildman–Crippen LogP) is -1.29. The number of anilines is 1. The summed E-state index contributed by atoms with van der Waals surface area (Å²) in [5.41, 5.74) is 4.21. The van der Waals surface area contributed by atoms with Crippen LogP contribution < -0.4 is 11.4 Å². The normalized spacial score (nSPS) is 30.6. The molecule has 0 unspecified atom stereocenters. The summed E-state index contributed by atoms with van der Waals surface area (Å²) < 4.78 is 32.7. The van der Waals surface area contributed by atoms with E-state index >= 15 is 0 Å². The van der Waals surface area contributed by atoms with E-state index in [1.54, 1.807) is 0 Å². The highest BCUT2D eigenvalue weighted by molar-refractivity contribution is 5.23. The number of aromatic nitrogens is 2. The smallest absolute Gasteiger partial charge is 0.351 e. The zero-order chi connectivity index (χ0) is 13.5. The zero-order valence-electron chi connectivity index (χ0n) is 9.03.